The number of methoxy groups -OCH3 is 1. The second kappa shape index (κ2) is 5.41. The van der Waals surface area contributed by atoms with Crippen LogP contribution in [0.25, 0.3) is 11.0 Å². The molecule has 3 aliphatic rings. The lowest BCUT2D eigenvalue weighted by atomic mass is 9.55. The molecule has 138 valence electrons. The van der Waals surface area contributed by atoms with Crippen LogP contribution >= 0.6 is 0 Å². The highest BCUT2D eigenvalue weighted by molar-refractivity contribution is 5.83. The number of benzene rings is 2. The first-order chi connectivity index (χ1) is 13.2. The van der Waals surface area contributed by atoms with Gasteiger partial charge in [-0.05, 0) is 90.2 Å². The van der Waals surface area contributed by atoms with Crippen LogP contribution in [0.1, 0.15) is 54.4 Å². The third-order valence-corrected chi connectivity index (χ3v) is 8.04. The lowest BCUT2D eigenvalue weighted by Crippen LogP contribution is -2.43. The average molecular weight is 358 g/mol. The van der Waals surface area contributed by atoms with Crippen LogP contribution in [0.5, 0.6) is 5.75 Å². The van der Waals surface area contributed by atoms with Gasteiger partial charge in [-0.1, -0.05) is 25.1 Å². The van der Waals surface area contributed by atoms with Gasteiger partial charge in [-0.25, -0.2) is 0 Å². The molecule has 0 bridgehead atoms. The lowest BCUT2D eigenvalue weighted by Gasteiger charge is -2.49. The highest BCUT2D eigenvalue weighted by Gasteiger charge is 2.53. The molecule has 1 heterocycles. The maximum atomic E-state index is 5.98. The van der Waals surface area contributed by atoms with Crippen molar-refractivity contribution < 1.29 is 9.15 Å². The van der Waals surface area contributed by atoms with Crippen molar-refractivity contribution in [3.8, 4) is 5.75 Å². The fraction of sp³-hybridized carbons (Fsp3) is 0.440. The molecule has 27 heavy (non-hydrogen) atoms. The van der Waals surface area contributed by atoms with Gasteiger partial charge < -0.3 is 9.15 Å². The maximum Gasteiger partial charge on any atom is 0.137 e. The van der Waals surface area contributed by atoms with Crippen LogP contribution in [0.3, 0.4) is 0 Å². The summed E-state index contributed by atoms with van der Waals surface area (Å²) in [6.07, 6.45) is 8.12. The van der Waals surface area contributed by atoms with E-state index in [0.29, 0.717) is 5.92 Å². The fourth-order valence-corrected chi connectivity index (χ4v) is 6.80. The van der Waals surface area contributed by atoms with Crippen LogP contribution in [0.2, 0.25) is 0 Å². The summed E-state index contributed by atoms with van der Waals surface area (Å²) in [4.78, 5) is 0. The van der Waals surface area contributed by atoms with E-state index in [0.717, 1.165) is 23.2 Å². The number of hydrogen-bond donors (Lipinski definition) is 0. The third kappa shape index (κ3) is 2.02. The molecule has 0 aliphatic heterocycles. The zero-order valence-corrected chi connectivity index (χ0v) is 16.1. The van der Waals surface area contributed by atoms with Crippen LogP contribution in [0.4, 0.5) is 0 Å². The molecule has 2 aromatic carbocycles. The van der Waals surface area contributed by atoms with Gasteiger partial charge in [0, 0.05) is 10.9 Å². The minimum absolute atomic E-state index is 0.262. The van der Waals surface area contributed by atoms with E-state index in [1.54, 1.807) is 12.7 Å². The summed E-state index contributed by atoms with van der Waals surface area (Å²) in [7, 11) is 1.77. The minimum atomic E-state index is 0.262. The van der Waals surface area contributed by atoms with E-state index in [-0.39, 0.29) is 5.41 Å². The molecule has 1 fully saturated rings. The second-order valence-electron chi connectivity index (χ2n) is 9.08. The predicted octanol–water partition coefficient (Wildman–Crippen LogP) is 6.01. The van der Waals surface area contributed by atoms with Gasteiger partial charge in [-0.15, -0.1) is 0 Å². The Labute approximate surface area is 160 Å². The molecule has 1 saturated carbocycles. The Morgan fingerprint density at radius 2 is 2.00 bits per heavy atom. The van der Waals surface area contributed by atoms with Crippen molar-refractivity contribution in [2.45, 2.75) is 50.4 Å². The monoisotopic (exact) mass is 358 g/mol. The van der Waals surface area contributed by atoms with Crippen molar-refractivity contribution in [1.29, 1.82) is 0 Å². The van der Waals surface area contributed by atoms with Crippen LogP contribution in [0, 0.1) is 11.8 Å². The molecule has 0 saturated heterocycles. The summed E-state index contributed by atoms with van der Waals surface area (Å²) in [6, 6.07) is 13.5. The molecule has 0 radical (unpaired) electrons. The van der Waals surface area contributed by atoms with Crippen molar-refractivity contribution in [2.75, 3.05) is 7.11 Å². The molecule has 2 nitrogen and oxygen atoms in total. The first kappa shape index (κ1) is 15.8. The summed E-state index contributed by atoms with van der Waals surface area (Å²) in [5.41, 5.74) is 7.58. The average Bonchev–Trinajstić information content (AvgIpc) is 3.28. The van der Waals surface area contributed by atoms with Crippen LogP contribution in [-0.2, 0) is 18.3 Å². The predicted molar refractivity (Wildman–Crippen MR) is 108 cm³/mol. The van der Waals surface area contributed by atoms with Crippen molar-refractivity contribution in [1.82, 2.24) is 0 Å². The summed E-state index contributed by atoms with van der Waals surface area (Å²) >= 11 is 0. The second-order valence-corrected chi connectivity index (χ2v) is 9.08. The van der Waals surface area contributed by atoms with E-state index in [1.807, 2.05) is 6.26 Å². The lowest BCUT2D eigenvalue weighted by molar-refractivity contribution is 0.106. The highest BCUT2D eigenvalue weighted by Crippen LogP contribution is 2.61. The van der Waals surface area contributed by atoms with Gasteiger partial charge >= 0.3 is 0 Å². The zero-order valence-electron chi connectivity index (χ0n) is 16.1. The normalized spacial score (nSPS) is 31.1. The Balaban J connectivity index is 1.44. The van der Waals surface area contributed by atoms with Crippen LogP contribution in [-0.4, -0.2) is 7.11 Å². The molecular weight excluding hydrogens is 332 g/mol. The molecule has 3 aliphatic carbocycles. The van der Waals surface area contributed by atoms with Gasteiger partial charge in [0.05, 0.1) is 13.4 Å². The van der Waals surface area contributed by atoms with E-state index >= 15 is 0 Å². The first-order valence-corrected chi connectivity index (χ1v) is 10.4. The molecule has 0 unspecified atom stereocenters. The van der Waals surface area contributed by atoms with Gasteiger partial charge in [0.15, 0.2) is 0 Å². The number of hydrogen-bond acceptors (Lipinski definition) is 2. The SMILES string of the molecule is COc1ccc2c(c1)CC[C@@H]1[C@@H]2CC[C@]2(C)c3c(ccc4ccoc34)C[C@@H]12. The molecular formula is C25H26O2. The standard InChI is InChI=1S/C25H26O2/c1-25-11-9-20-19-8-6-18(26-2)13-16(19)5-7-21(20)22(25)14-17-4-3-15-10-12-27-24(15)23(17)25/h3-4,6,8,10,12-13,20-22H,5,7,9,11,14H2,1-2H3/t20-,21-,22+,25+/m1/s1. The van der Waals surface area contributed by atoms with E-state index < -0.39 is 0 Å². The zero-order chi connectivity index (χ0) is 18.2. The van der Waals surface area contributed by atoms with Crippen LogP contribution < -0.4 is 4.74 Å². The number of fused-ring (bicyclic) bond motifs is 9. The summed E-state index contributed by atoms with van der Waals surface area (Å²) in [6.45, 7) is 2.52. The molecule has 4 atom stereocenters. The minimum Gasteiger partial charge on any atom is -0.497 e. The molecule has 0 spiro atoms. The molecule has 0 N–H and O–H groups in total. The van der Waals surface area contributed by atoms with E-state index in [2.05, 4.69) is 43.3 Å². The Bertz CT molecular complexity index is 1050. The van der Waals surface area contributed by atoms with Gasteiger partial charge in [0.1, 0.15) is 11.3 Å². The van der Waals surface area contributed by atoms with Crippen molar-refractivity contribution >= 4 is 11.0 Å². The third-order valence-electron chi connectivity index (χ3n) is 8.04. The van der Waals surface area contributed by atoms with E-state index in [1.165, 1.54) is 54.2 Å². The molecule has 1 aromatic heterocycles. The molecule has 2 heteroatoms. The smallest absolute Gasteiger partial charge is 0.137 e. The number of furan rings is 1. The van der Waals surface area contributed by atoms with E-state index in [9.17, 15) is 0 Å². The van der Waals surface area contributed by atoms with Gasteiger partial charge in [-0.3, -0.25) is 0 Å². The fourth-order valence-electron chi connectivity index (χ4n) is 6.80. The van der Waals surface area contributed by atoms with Crippen molar-refractivity contribution in [2.24, 2.45) is 11.8 Å². The highest BCUT2D eigenvalue weighted by atomic mass is 16.5. The Morgan fingerprint density at radius 1 is 1.07 bits per heavy atom. The Hall–Kier alpha value is -2.22. The van der Waals surface area contributed by atoms with Gasteiger partial charge in [0.25, 0.3) is 0 Å². The number of rotatable bonds is 1. The van der Waals surface area contributed by atoms with Gasteiger partial charge in [-0.2, -0.15) is 0 Å². The quantitative estimate of drug-likeness (QED) is 0.531. The molecule has 6 rings (SSSR count). The first-order valence-electron chi connectivity index (χ1n) is 10.4. The topological polar surface area (TPSA) is 22.4 Å². The number of ether oxygens (including phenoxy) is 1. The summed E-state index contributed by atoms with van der Waals surface area (Å²) < 4.78 is 11.4. The maximum absolute atomic E-state index is 5.98. The van der Waals surface area contributed by atoms with E-state index in [4.69, 9.17) is 9.15 Å². The Kier molecular flexibility index (Phi) is 3.16. The Morgan fingerprint density at radius 3 is 2.89 bits per heavy atom. The number of aryl methyl sites for hydroxylation is 1. The van der Waals surface area contributed by atoms with Crippen molar-refractivity contribution in [3.63, 3.8) is 0 Å². The molecule has 3 aromatic rings. The van der Waals surface area contributed by atoms with Crippen LogP contribution in [0.15, 0.2) is 47.1 Å². The van der Waals surface area contributed by atoms with Crippen molar-refractivity contribution in [3.05, 3.63) is 64.9 Å². The summed E-state index contributed by atoms with van der Waals surface area (Å²) in [5, 5.41) is 1.26. The largest absolute Gasteiger partial charge is 0.497 e. The van der Waals surface area contributed by atoms with Gasteiger partial charge in [0.2, 0.25) is 0 Å². The molecule has 0 amide bonds. The summed E-state index contributed by atoms with van der Waals surface area (Å²) in [5.74, 6) is 3.22.